The molecule has 8 nitrogen and oxygen atoms in total. The monoisotopic (exact) mass is 634 g/mol. The summed E-state index contributed by atoms with van der Waals surface area (Å²) < 4.78 is 45.3. The lowest BCUT2D eigenvalue weighted by Gasteiger charge is -2.40. The van der Waals surface area contributed by atoms with Crippen molar-refractivity contribution in [2.24, 2.45) is 5.73 Å². The Bertz CT molecular complexity index is 1470. The lowest BCUT2D eigenvalue weighted by Crippen LogP contribution is -2.52. The van der Waals surface area contributed by atoms with Gasteiger partial charge in [0.05, 0.1) is 18.5 Å². The van der Waals surface area contributed by atoms with Crippen molar-refractivity contribution < 1.29 is 37.1 Å². The van der Waals surface area contributed by atoms with Gasteiger partial charge in [0.2, 0.25) is 11.8 Å². The molecule has 44 heavy (non-hydrogen) atoms. The molecule has 1 fully saturated rings. The molecule has 0 aliphatic carbocycles. The number of carbonyl (C=O) groups is 3. The smallest absolute Gasteiger partial charge is 0.475 e. The van der Waals surface area contributed by atoms with Crippen molar-refractivity contribution in [3.63, 3.8) is 0 Å². The Kier molecular flexibility index (Phi) is 10.6. The maximum atomic E-state index is 13.5. The summed E-state index contributed by atoms with van der Waals surface area (Å²) in [7, 11) is 0. The number of halogens is 5. The van der Waals surface area contributed by atoms with E-state index in [2.05, 4.69) is 17.0 Å². The molecule has 3 aromatic rings. The summed E-state index contributed by atoms with van der Waals surface area (Å²) in [6.45, 7) is 3.23. The van der Waals surface area contributed by atoms with Gasteiger partial charge in [-0.05, 0) is 46.5 Å². The molecule has 2 heterocycles. The third-order valence-electron chi connectivity index (χ3n) is 7.49. The first kappa shape index (κ1) is 32.9. The molecule has 5 rings (SSSR count). The average molecular weight is 635 g/mol. The van der Waals surface area contributed by atoms with Crippen LogP contribution in [0.3, 0.4) is 0 Å². The molecular weight excluding hydrogens is 604 g/mol. The third-order valence-corrected chi connectivity index (χ3v) is 7.74. The molecule has 234 valence electrons. The molecule has 1 saturated heterocycles. The van der Waals surface area contributed by atoms with Gasteiger partial charge in [-0.15, -0.1) is 0 Å². The number of piperazine rings is 1. The van der Waals surface area contributed by atoms with Crippen LogP contribution < -0.4 is 5.73 Å². The molecule has 2 atom stereocenters. The Morgan fingerprint density at radius 2 is 1.41 bits per heavy atom. The maximum absolute atomic E-state index is 13.5. The summed E-state index contributed by atoms with van der Waals surface area (Å²) in [6.07, 6.45) is -5.13. The number of nitrogens with zero attached hydrogens (tertiary/aromatic N) is 3. The topological polar surface area (TPSA) is 107 Å². The minimum atomic E-state index is -5.08. The van der Waals surface area contributed by atoms with Crippen LogP contribution in [0.1, 0.15) is 34.7 Å². The number of hydrogen-bond donors (Lipinski definition) is 2. The van der Waals surface area contributed by atoms with E-state index in [0.29, 0.717) is 44.3 Å². The summed E-state index contributed by atoms with van der Waals surface area (Å²) >= 11 is 6.13. The van der Waals surface area contributed by atoms with Gasteiger partial charge in [-0.1, -0.05) is 60.1 Å². The highest BCUT2D eigenvalue weighted by Gasteiger charge is 2.38. The van der Waals surface area contributed by atoms with Crippen molar-refractivity contribution in [2.45, 2.75) is 37.8 Å². The van der Waals surface area contributed by atoms with Gasteiger partial charge in [0, 0.05) is 44.3 Å². The second-order valence-corrected chi connectivity index (χ2v) is 10.9. The Morgan fingerprint density at radius 1 is 0.841 bits per heavy atom. The van der Waals surface area contributed by atoms with Crippen LogP contribution in [0.25, 0.3) is 0 Å². The van der Waals surface area contributed by atoms with Crippen LogP contribution in [0, 0.1) is 5.82 Å². The molecule has 2 aliphatic heterocycles. The van der Waals surface area contributed by atoms with E-state index in [4.69, 9.17) is 27.2 Å². The predicted octanol–water partition coefficient (Wildman–Crippen LogP) is 4.61. The summed E-state index contributed by atoms with van der Waals surface area (Å²) in [6, 6.07) is 21.9. The zero-order chi connectivity index (χ0) is 32.0. The van der Waals surface area contributed by atoms with E-state index in [1.807, 2.05) is 42.5 Å². The van der Waals surface area contributed by atoms with Crippen LogP contribution in [0.2, 0.25) is 5.02 Å². The van der Waals surface area contributed by atoms with Crippen molar-refractivity contribution in [3.05, 3.63) is 106 Å². The van der Waals surface area contributed by atoms with Crippen LogP contribution in [0.15, 0.2) is 72.8 Å². The lowest BCUT2D eigenvalue weighted by atomic mass is 9.96. The first-order valence-electron chi connectivity index (χ1n) is 13.8. The van der Waals surface area contributed by atoms with E-state index in [9.17, 15) is 27.2 Å². The van der Waals surface area contributed by atoms with Gasteiger partial charge in [-0.25, -0.2) is 9.18 Å². The standard InChI is InChI=1S/C29H30ClFN4O2.C2HF3O2/c30-24-9-6-21(7-10-24)28(20-4-2-1-3-5-20)34-14-12-33(13-15-34)27(36)17-26(32)29(37)35-18-22-8-11-25(31)16-23(22)19-35;3-2(4,5)1(6)7/h1-11,16,26,28H,12-15,17-19,32H2;(H,6,7)/t26-,28?;/m0./s1. The largest absolute Gasteiger partial charge is 0.490 e. The minimum Gasteiger partial charge on any atom is -0.475 e. The lowest BCUT2D eigenvalue weighted by molar-refractivity contribution is -0.192. The highest BCUT2D eigenvalue weighted by Crippen LogP contribution is 2.31. The van der Waals surface area contributed by atoms with Crippen molar-refractivity contribution >= 4 is 29.4 Å². The number of amides is 2. The van der Waals surface area contributed by atoms with Crippen molar-refractivity contribution in [1.82, 2.24) is 14.7 Å². The number of hydrogen-bond acceptors (Lipinski definition) is 5. The number of rotatable bonds is 6. The fourth-order valence-corrected chi connectivity index (χ4v) is 5.41. The molecule has 3 N–H and O–H groups in total. The van der Waals surface area contributed by atoms with E-state index in [1.165, 1.54) is 17.7 Å². The quantitative estimate of drug-likeness (QED) is 0.384. The van der Waals surface area contributed by atoms with E-state index in [-0.39, 0.29) is 30.1 Å². The van der Waals surface area contributed by atoms with Crippen molar-refractivity contribution in [3.8, 4) is 0 Å². The third kappa shape index (κ3) is 8.34. The van der Waals surface area contributed by atoms with Crippen LogP contribution in [0.4, 0.5) is 17.6 Å². The number of carbonyl (C=O) groups excluding carboxylic acids is 2. The Balaban J connectivity index is 0.000000566. The van der Waals surface area contributed by atoms with E-state index < -0.39 is 18.2 Å². The summed E-state index contributed by atoms with van der Waals surface area (Å²) in [5.74, 6) is -3.48. The molecule has 2 amide bonds. The second kappa shape index (κ2) is 14.2. The predicted molar refractivity (Wildman–Crippen MR) is 155 cm³/mol. The summed E-state index contributed by atoms with van der Waals surface area (Å²) in [4.78, 5) is 40.6. The SMILES string of the molecule is N[C@@H](CC(=O)N1CCN(C(c2ccccc2)c2ccc(Cl)cc2)CC1)C(=O)N1Cc2ccc(F)cc2C1.O=C(O)C(F)(F)F. The van der Waals surface area contributed by atoms with Crippen LogP contribution in [0.5, 0.6) is 0 Å². The number of benzene rings is 3. The van der Waals surface area contributed by atoms with E-state index >= 15 is 0 Å². The molecule has 0 bridgehead atoms. The molecule has 1 unspecified atom stereocenters. The number of carboxylic acid groups (broad SMARTS) is 1. The minimum absolute atomic E-state index is 0.0423. The number of carboxylic acids is 1. The van der Waals surface area contributed by atoms with E-state index in [1.54, 1.807) is 15.9 Å². The van der Waals surface area contributed by atoms with Crippen LogP contribution in [-0.4, -0.2) is 76.0 Å². The fourth-order valence-electron chi connectivity index (χ4n) is 5.28. The van der Waals surface area contributed by atoms with E-state index in [0.717, 1.165) is 16.7 Å². The molecular formula is C31H31ClF4N4O4. The Labute approximate surface area is 256 Å². The Hall–Kier alpha value is -4.00. The first-order valence-corrected chi connectivity index (χ1v) is 14.1. The summed E-state index contributed by atoms with van der Waals surface area (Å²) in [5, 5.41) is 7.82. The number of alkyl halides is 3. The number of aliphatic carboxylic acids is 1. The van der Waals surface area contributed by atoms with Gasteiger partial charge in [0.25, 0.3) is 0 Å². The van der Waals surface area contributed by atoms with Gasteiger partial charge in [-0.3, -0.25) is 14.5 Å². The molecule has 0 radical (unpaired) electrons. The van der Waals surface area contributed by atoms with Gasteiger partial charge in [0.1, 0.15) is 5.82 Å². The normalized spacial score (nSPS) is 16.4. The molecule has 3 aromatic carbocycles. The second-order valence-electron chi connectivity index (χ2n) is 10.5. The van der Waals surface area contributed by atoms with Crippen LogP contribution >= 0.6 is 11.6 Å². The van der Waals surface area contributed by atoms with Crippen molar-refractivity contribution in [1.29, 1.82) is 0 Å². The summed E-state index contributed by atoms with van der Waals surface area (Å²) in [5.41, 5.74) is 10.2. The Morgan fingerprint density at radius 3 is 2.00 bits per heavy atom. The fraction of sp³-hybridized carbons (Fsp3) is 0.323. The molecule has 0 saturated carbocycles. The molecule has 0 spiro atoms. The highest BCUT2D eigenvalue weighted by atomic mass is 35.5. The average Bonchev–Trinajstić information content (AvgIpc) is 3.42. The van der Waals surface area contributed by atoms with Gasteiger partial charge in [-0.2, -0.15) is 13.2 Å². The maximum Gasteiger partial charge on any atom is 0.490 e. The van der Waals surface area contributed by atoms with Gasteiger partial charge >= 0.3 is 12.1 Å². The van der Waals surface area contributed by atoms with Crippen LogP contribution in [-0.2, 0) is 27.5 Å². The first-order chi connectivity index (χ1) is 20.8. The molecule has 2 aliphatic rings. The molecule has 13 heteroatoms. The highest BCUT2D eigenvalue weighted by molar-refractivity contribution is 6.30. The van der Waals surface area contributed by atoms with Gasteiger partial charge < -0.3 is 20.6 Å². The zero-order valence-electron chi connectivity index (χ0n) is 23.5. The zero-order valence-corrected chi connectivity index (χ0v) is 24.3. The number of fused-ring (bicyclic) bond motifs is 1. The number of nitrogens with two attached hydrogens (primary N) is 1. The van der Waals surface area contributed by atoms with Gasteiger partial charge in [0.15, 0.2) is 0 Å². The molecule has 0 aromatic heterocycles. The van der Waals surface area contributed by atoms with Crippen molar-refractivity contribution in [2.75, 3.05) is 26.2 Å².